The van der Waals surface area contributed by atoms with E-state index in [-0.39, 0.29) is 12.5 Å². The lowest BCUT2D eigenvalue weighted by molar-refractivity contribution is -0.116. The van der Waals surface area contributed by atoms with E-state index in [0.29, 0.717) is 30.1 Å². The molecule has 0 radical (unpaired) electrons. The Labute approximate surface area is 117 Å². The Morgan fingerprint density at radius 1 is 1.53 bits per heavy atom. The third kappa shape index (κ3) is 5.39. The molecule has 0 unspecified atom stereocenters. The molecule has 0 saturated carbocycles. The first-order chi connectivity index (χ1) is 9.21. The average molecular weight is 281 g/mol. The first-order valence-electron chi connectivity index (χ1n) is 6.32. The summed E-state index contributed by atoms with van der Waals surface area (Å²) in [5, 5.41) is 22.9. The SMILES string of the molecule is CCCN(CCO)CCC(=O)Nc1sccc1C#N. The number of thiophene rings is 1. The fourth-order valence-corrected chi connectivity index (χ4v) is 2.49. The summed E-state index contributed by atoms with van der Waals surface area (Å²) in [4.78, 5) is 13.8. The van der Waals surface area contributed by atoms with Gasteiger partial charge in [-0.1, -0.05) is 6.92 Å². The summed E-state index contributed by atoms with van der Waals surface area (Å²) in [6, 6.07) is 3.73. The molecule has 2 N–H and O–H groups in total. The summed E-state index contributed by atoms with van der Waals surface area (Å²) >= 11 is 1.35. The van der Waals surface area contributed by atoms with Crippen molar-refractivity contribution in [1.29, 1.82) is 5.26 Å². The highest BCUT2D eigenvalue weighted by molar-refractivity contribution is 7.14. The molecule has 0 bridgehead atoms. The van der Waals surface area contributed by atoms with Crippen LogP contribution in [0.3, 0.4) is 0 Å². The van der Waals surface area contributed by atoms with Gasteiger partial charge in [0.25, 0.3) is 0 Å². The molecular formula is C13H19N3O2S. The van der Waals surface area contributed by atoms with E-state index >= 15 is 0 Å². The van der Waals surface area contributed by atoms with E-state index in [9.17, 15) is 4.79 Å². The van der Waals surface area contributed by atoms with Crippen LogP contribution in [0.25, 0.3) is 0 Å². The maximum Gasteiger partial charge on any atom is 0.226 e. The number of hydrogen-bond acceptors (Lipinski definition) is 5. The molecule has 0 aliphatic rings. The third-order valence-corrected chi connectivity index (χ3v) is 3.48. The van der Waals surface area contributed by atoms with Crippen molar-refractivity contribution in [2.24, 2.45) is 0 Å². The van der Waals surface area contributed by atoms with Gasteiger partial charge in [-0.2, -0.15) is 5.26 Å². The maximum atomic E-state index is 11.8. The van der Waals surface area contributed by atoms with Crippen LogP contribution in [0.1, 0.15) is 25.3 Å². The van der Waals surface area contributed by atoms with Gasteiger partial charge >= 0.3 is 0 Å². The predicted molar refractivity (Wildman–Crippen MR) is 76.1 cm³/mol. The molecule has 0 aliphatic heterocycles. The van der Waals surface area contributed by atoms with E-state index in [0.717, 1.165) is 13.0 Å². The van der Waals surface area contributed by atoms with Gasteiger partial charge in [0, 0.05) is 19.5 Å². The molecule has 5 nitrogen and oxygen atoms in total. The van der Waals surface area contributed by atoms with Crippen LogP contribution in [0.5, 0.6) is 0 Å². The van der Waals surface area contributed by atoms with E-state index in [1.165, 1.54) is 11.3 Å². The number of amides is 1. The molecule has 1 aromatic heterocycles. The van der Waals surface area contributed by atoms with E-state index < -0.39 is 0 Å². The maximum absolute atomic E-state index is 11.8. The Hall–Kier alpha value is -1.42. The molecule has 0 aromatic carbocycles. The van der Waals surface area contributed by atoms with Crippen molar-refractivity contribution in [3.8, 4) is 6.07 Å². The second-order valence-corrected chi connectivity index (χ2v) is 5.05. The number of anilines is 1. The molecule has 6 heteroatoms. The normalized spacial score (nSPS) is 10.4. The molecule has 0 fully saturated rings. The van der Waals surface area contributed by atoms with Crippen molar-refractivity contribution < 1.29 is 9.90 Å². The standard InChI is InChI=1S/C13H19N3O2S/c1-2-5-16(7-8-17)6-3-12(18)15-13-11(10-14)4-9-19-13/h4,9,17H,2-3,5-8H2,1H3,(H,15,18). The number of aliphatic hydroxyl groups excluding tert-OH is 1. The van der Waals surface area contributed by atoms with E-state index in [1.54, 1.807) is 11.4 Å². The van der Waals surface area contributed by atoms with Crippen molar-refractivity contribution in [2.45, 2.75) is 19.8 Å². The number of rotatable bonds is 8. The highest BCUT2D eigenvalue weighted by Crippen LogP contribution is 2.22. The Morgan fingerprint density at radius 2 is 2.32 bits per heavy atom. The quantitative estimate of drug-likeness (QED) is 0.759. The number of nitrogens with zero attached hydrogens (tertiary/aromatic N) is 2. The van der Waals surface area contributed by atoms with Gasteiger partial charge in [-0.25, -0.2) is 0 Å². The van der Waals surface area contributed by atoms with E-state index in [2.05, 4.69) is 17.1 Å². The van der Waals surface area contributed by atoms with Gasteiger partial charge < -0.3 is 15.3 Å². The van der Waals surface area contributed by atoms with Crippen molar-refractivity contribution in [3.05, 3.63) is 17.0 Å². The van der Waals surface area contributed by atoms with Crippen LogP contribution in [-0.4, -0.2) is 42.2 Å². The van der Waals surface area contributed by atoms with Crippen LogP contribution >= 0.6 is 11.3 Å². The van der Waals surface area contributed by atoms with Gasteiger partial charge in [-0.3, -0.25) is 4.79 Å². The van der Waals surface area contributed by atoms with Crippen molar-refractivity contribution in [1.82, 2.24) is 4.90 Å². The van der Waals surface area contributed by atoms with Crippen LogP contribution in [0.4, 0.5) is 5.00 Å². The smallest absolute Gasteiger partial charge is 0.226 e. The molecule has 0 aliphatic carbocycles. The summed E-state index contributed by atoms with van der Waals surface area (Å²) in [7, 11) is 0. The average Bonchev–Trinajstić information content (AvgIpc) is 2.83. The molecule has 0 atom stereocenters. The minimum absolute atomic E-state index is 0.0991. The second kappa shape index (κ2) is 8.64. The van der Waals surface area contributed by atoms with Crippen LogP contribution in [0.15, 0.2) is 11.4 Å². The fourth-order valence-electron chi connectivity index (χ4n) is 1.74. The Morgan fingerprint density at radius 3 is 2.95 bits per heavy atom. The molecular weight excluding hydrogens is 262 g/mol. The van der Waals surface area contributed by atoms with Gasteiger partial charge in [0.15, 0.2) is 0 Å². The van der Waals surface area contributed by atoms with Crippen molar-refractivity contribution >= 4 is 22.2 Å². The molecule has 1 aromatic rings. The minimum atomic E-state index is -0.0991. The second-order valence-electron chi connectivity index (χ2n) is 4.14. The first kappa shape index (κ1) is 15.6. The van der Waals surface area contributed by atoms with Crippen LogP contribution < -0.4 is 5.32 Å². The number of carbonyl (C=O) groups excluding carboxylic acids is 1. The van der Waals surface area contributed by atoms with Gasteiger partial charge in [-0.15, -0.1) is 11.3 Å². The number of aliphatic hydroxyl groups is 1. The molecule has 1 amide bonds. The Bertz CT molecular complexity index is 433. The minimum Gasteiger partial charge on any atom is -0.395 e. The predicted octanol–water partition coefficient (Wildman–Crippen LogP) is 1.65. The third-order valence-electron chi connectivity index (χ3n) is 2.65. The lowest BCUT2D eigenvalue weighted by atomic mass is 10.3. The Balaban J connectivity index is 2.41. The highest BCUT2D eigenvalue weighted by Gasteiger charge is 2.10. The number of nitrogens with one attached hydrogen (secondary N) is 1. The first-order valence-corrected chi connectivity index (χ1v) is 7.19. The zero-order chi connectivity index (χ0) is 14.1. The zero-order valence-corrected chi connectivity index (χ0v) is 11.9. The molecule has 104 valence electrons. The van der Waals surface area contributed by atoms with Crippen molar-refractivity contribution in [2.75, 3.05) is 31.6 Å². The zero-order valence-electron chi connectivity index (χ0n) is 11.1. The van der Waals surface area contributed by atoms with Gasteiger partial charge in [0.05, 0.1) is 12.2 Å². The van der Waals surface area contributed by atoms with Crippen LogP contribution in [-0.2, 0) is 4.79 Å². The molecule has 19 heavy (non-hydrogen) atoms. The van der Waals surface area contributed by atoms with Gasteiger partial charge in [0.2, 0.25) is 5.91 Å². The summed E-state index contributed by atoms with van der Waals surface area (Å²) in [6.07, 6.45) is 1.36. The largest absolute Gasteiger partial charge is 0.395 e. The van der Waals surface area contributed by atoms with Crippen LogP contribution in [0.2, 0.25) is 0 Å². The van der Waals surface area contributed by atoms with Gasteiger partial charge in [-0.05, 0) is 24.4 Å². The summed E-state index contributed by atoms with van der Waals surface area (Å²) in [5.41, 5.74) is 0.499. The lowest BCUT2D eigenvalue weighted by Gasteiger charge is -2.19. The number of nitriles is 1. The number of carbonyl (C=O) groups is 1. The van der Waals surface area contributed by atoms with Crippen LogP contribution in [0, 0.1) is 11.3 Å². The molecule has 1 heterocycles. The molecule has 0 saturated heterocycles. The summed E-state index contributed by atoms with van der Waals surface area (Å²) < 4.78 is 0. The Kier molecular flexibility index (Phi) is 7.11. The van der Waals surface area contributed by atoms with E-state index in [4.69, 9.17) is 10.4 Å². The molecule has 1 rings (SSSR count). The number of hydrogen-bond donors (Lipinski definition) is 2. The summed E-state index contributed by atoms with van der Waals surface area (Å²) in [5.74, 6) is -0.0991. The highest BCUT2D eigenvalue weighted by atomic mass is 32.1. The fraction of sp³-hybridized carbons (Fsp3) is 0.538. The van der Waals surface area contributed by atoms with E-state index in [1.807, 2.05) is 6.07 Å². The topological polar surface area (TPSA) is 76.4 Å². The van der Waals surface area contributed by atoms with Crippen molar-refractivity contribution in [3.63, 3.8) is 0 Å². The molecule has 0 spiro atoms. The lowest BCUT2D eigenvalue weighted by Crippen LogP contribution is -2.31. The van der Waals surface area contributed by atoms with Gasteiger partial charge in [0.1, 0.15) is 11.1 Å². The summed E-state index contributed by atoms with van der Waals surface area (Å²) in [6.45, 7) is 4.24. The monoisotopic (exact) mass is 281 g/mol.